The van der Waals surface area contributed by atoms with E-state index in [0.717, 1.165) is 28.8 Å². The summed E-state index contributed by atoms with van der Waals surface area (Å²) in [6.07, 6.45) is 1.31. The lowest BCUT2D eigenvalue weighted by atomic mass is 9.95. The largest absolute Gasteiger partial charge is 0.299 e. The average Bonchev–Trinajstić information content (AvgIpc) is 2.46. The van der Waals surface area contributed by atoms with Gasteiger partial charge in [-0.1, -0.05) is 42.5 Å². The van der Waals surface area contributed by atoms with E-state index in [1.807, 2.05) is 44.2 Å². The minimum Gasteiger partial charge on any atom is -0.299 e. The van der Waals surface area contributed by atoms with Gasteiger partial charge in [-0.25, -0.2) is 0 Å². The number of nitrogens with zero attached hydrogens (tertiary/aromatic N) is 1. The predicted octanol–water partition coefficient (Wildman–Crippen LogP) is 3.74. The minimum absolute atomic E-state index is 0.117. The first-order valence-corrected chi connectivity index (χ1v) is 7.57. The summed E-state index contributed by atoms with van der Waals surface area (Å²) in [5, 5.41) is 0. The van der Waals surface area contributed by atoms with Gasteiger partial charge in [0.2, 0.25) is 0 Å². The molecule has 0 radical (unpaired) electrons. The molecular weight excluding hydrogens is 258 g/mol. The Labute approximate surface area is 126 Å². The number of likely N-dealkylation sites (tertiary alicyclic amines) is 1. The molecule has 108 valence electrons. The molecule has 0 saturated carbocycles. The van der Waals surface area contributed by atoms with Crippen LogP contribution < -0.4 is 0 Å². The SMILES string of the molecule is Cc1cccc(C(=O)c2ccc(CN3CCC3)cc2)c1C. The lowest BCUT2D eigenvalue weighted by molar-refractivity contribution is 0.103. The first-order chi connectivity index (χ1) is 10.1. The van der Waals surface area contributed by atoms with Gasteiger partial charge in [-0.05, 0) is 50.0 Å². The molecule has 2 aromatic carbocycles. The first-order valence-electron chi connectivity index (χ1n) is 7.57. The van der Waals surface area contributed by atoms with Gasteiger partial charge in [0.25, 0.3) is 0 Å². The van der Waals surface area contributed by atoms with Crippen LogP contribution >= 0.6 is 0 Å². The number of aryl methyl sites for hydroxylation is 1. The average molecular weight is 279 g/mol. The summed E-state index contributed by atoms with van der Waals surface area (Å²) in [4.78, 5) is 15.0. The van der Waals surface area contributed by atoms with E-state index in [2.05, 4.69) is 17.0 Å². The van der Waals surface area contributed by atoms with Gasteiger partial charge < -0.3 is 0 Å². The van der Waals surface area contributed by atoms with E-state index >= 15 is 0 Å². The third-order valence-corrected chi connectivity index (χ3v) is 4.42. The number of hydrogen-bond acceptors (Lipinski definition) is 2. The number of benzene rings is 2. The summed E-state index contributed by atoms with van der Waals surface area (Å²) in [7, 11) is 0. The van der Waals surface area contributed by atoms with E-state index in [4.69, 9.17) is 0 Å². The summed E-state index contributed by atoms with van der Waals surface area (Å²) >= 11 is 0. The third-order valence-electron chi connectivity index (χ3n) is 4.42. The fraction of sp³-hybridized carbons (Fsp3) is 0.316. The van der Waals surface area contributed by atoms with Crippen molar-refractivity contribution in [3.05, 3.63) is 70.3 Å². The highest BCUT2D eigenvalue weighted by Crippen LogP contribution is 2.18. The number of hydrogen-bond donors (Lipinski definition) is 0. The fourth-order valence-electron chi connectivity index (χ4n) is 2.71. The molecule has 1 heterocycles. The van der Waals surface area contributed by atoms with Crippen molar-refractivity contribution in [1.29, 1.82) is 0 Å². The Hall–Kier alpha value is -1.93. The van der Waals surface area contributed by atoms with Crippen molar-refractivity contribution >= 4 is 5.78 Å². The van der Waals surface area contributed by atoms with Crippen LogP contribution in [0.25, 0.3) is 0 Å². The zero-order valence-electron chi connectivity index (χ0n) is 12.7. The highest BCUT2D eigenvalue weighted by molar-refractivity contribution is 6.10. The van der Waals surface area contributed by atoms with Crippen LogP contribution in [0.1, 0.15) is 39.0 Å². The molecule has 0 spiro atoms. The molecule has 0 amide bonds. The summed E-state index contributed by atoms with van der Waals surface area (Å²) in [6, 6.07) is 14.0. The molecule has 0 aliphatic carbocycles. The Bertz CT molecular complexity index is 654. The van der Waals surface area contributed by atoms with Gasteiger partial charge in [0.15, 0.2) is 5.78 Å². The Morgan fingerprint density at radius 1 is 1.05 bits per heavy atom. The lowest BCUT2D eigenvalue weighted by Crippen LogP contribution is -2.36. The molecule has 1 fully saturated rings. The molecule has 1 saturated heterocycles. The van der Waals surface area contributed by atoms with Crippen LogP contribution in [0.2, 0.25) is 0 Å². The van der Waals surface area contributed by atoms with Gasteiger partial charge in [-0.2, -0.15) is 0 Å². The Kier molecular flexibility index (Phi) is 3.89. The molecule has 1 aliphatic rings. The van der Waals surface area contributed by atoms with Gasteiger partial charge in [0.05, 0.1) is 0 Å². The minimum atomic E-state index is 0.117. The van der Waals surface area contributed by atoms with Gasteiger partial charge in [-0.15, -0.1) is 0 Å². The topological polar surface area (TPSA) is 20.3 Å². The molecule has 0 aromatic heterocycles. The van der Waals surface area contributed by atoms with Crippen LogP contribution in [0.15, 0.2) is 42.5 Å². The van der Waals surface area contributed by atoms with Crippen molar-refractivity contribution in [1.82, 2.24) is 4.90 Å². The van der Waals surface area contributed by atoms with Gasteiger partial charge in [-0.3, -0.25) is 9.69 Å². The van der Waals surface area contributed by atoms with Gasteiger partial charge in [0.1, 0.15) is 0 Å². The maximum atomic E-state index is 12.6. The third kappa shape index (κ3) is 2.91. The molecule has 21 heavy (non-hydrogen) atoms. The Morgan fingerprint density at radius 2 is 1.76 bits per heavy atom. The molecule has 2 aromatic rings. The van der Waals surface area contributed by atoms with Crippen molar-refractivity contribution < 1.29 is 4.79 Å². The Balaban J connectivity index is 1.79. The quantitative estimate of drug-likeness (QED) is 0.795. The van der Waals surface area contributed by atoms with Gasteiger partial charge >= 0.3 is 0 Å². The van der Waals surface area contributed by atoms with Crippen LogP contribution in [-0.2, 0) is 6.54 Å². The second kappa shape index (κ2) is 5.82. The molecule has 1 aliphatic heterocycles. The molecule has 3 rings (SSSR count). The summed E-state index contributed by atoms with van der Waals surface area (Å²) < 4.78 is 0. The fourth-order valence-corrected chi connectivity index (χ4v) is 2.71. The highest BCUT2D eigenvalue weighted by Gasteiger charge is 2.15. The monoisotopic (exact) mass is 279 g/mol. The van der Waals surface area contributed by atoms with Crippen molar-refractivity contribution in [3.63, 3.8) is 0 Å². The van der Waals surface area contributed by atoms with Crippen molar-refractivity contribution in [3.8, 4) is 0 Å². The van der Waals surface area contributed by atoms with Crippen LogP contribution in [0, 0.1) is 13.8 Å². The maximum Gasteiger partial charge on any atom is 0.193 e. The number of carbonyl (C=O) groups is 1. The number of carbonyl (C=O) groups excluding carboxylic acids is 1. The molecule has 2 nitrogen and oxygen atoms in total. The number of rotatable bonds is 4. The van der Waals surface area contributed by atoms with Crippen LogP contribution in [-0.4, -0.2) is 23.8 Å². The normalized spacial score (nSPS) is 14.8. The van der Waals surface area contributed by atoms with E-state index < -0.39 is 0 Å². The van der Waals surface area contributed by atoms with E-state index in [-0.39, 0.29) is 5.78 Å². The van der Waals surface area contributed by atoms with Crippen molar-refractivity contribution in [2.75, 3.05) is 13.1 Å². The number of ketones is 1. The lowest BCUT2D eigenvalue weighted by Gasteiger charge is -2.30. The molecule has 0 N–H and O–H groups in total. The van der Waals surface area contributed by atoms with E-state index in [0.29, 0.717) is 0 Å². The maximum absolute atomic E-state index is 12.6. The van der Waals surface area contributed by atoms with Crippen LogP contribution in [0.4, 0.5) is 0 Å². The molecule has 0 unspecified atom stereocenters. The zero-order chi connectivity index (χ0) is 14.8. The van der Waals surface area contributed by atoms with Crippen molar-refractivity contribution in [2.45, 2.75) is 26.8 Å². The smallest absolute Gasteiger partial charge is 0.193 e. The van der Waals surface area contributed by atoms with Crippen LogP contribution in [0.5, 0.6) is 0 Å². The van der Waals surface area contributed by atoms with Crippen molar-refractivity contribution in [2.24, 2.45) is 0 Å². The summed E-state index contributed by atoms with van der Waals surface area (Å²) in [5.41, 5.74) is 5.11. The molecule has 0 atom stereocenters. The predicted molar refractivity (Wildman–Crippen MR) is 85.7 cm³/mol. The molecule has 0 bridgehead atoms. The summed E-state index contributed by atoms with van der Waals surface area (Å²) in [5.74, 6) is 0.117. The summed E-state index contributed by atoms with van der Waals surface area (Å²) in [6.45, 7) is 7.45. The molecular formula is C19H21NO. The second-order valence-electron chi connectivity index (χ2n) is 5.90. The standard InChI is InChI=1S/C19H21NO/c1-14-5-3-6-18(15(14)2)19(21)17-9-7-16(8-10-17)13-20-11-4-12-20/h3,5-10H,4,11-13H2,1-2H3. The first kappa shape index (κ1) is 14.0. The van der Waals surface area contributed by atoms with Gasteiger partial charge in [0, 0.05) is 17.7 Å². The zero-order valence-corrected chi connectivity index (χ0v) is 12.7. The van der Waals surface area contributed by atoms with E-state index in [9.17, 15) is 4.79 Å². The molecule has 2 heteroatoms. The van der Waals surface area contributed by atoms with Crippen LogP contribution in [0.3, 0.4) is 0 Å². The second-order valence-corrected chi connectivity index (χ2v) is 5.90. The highest BCUT2D eigenvalue weighted by atomic mass is 16.1. The Morgan fingerprint density at radius 3 is 2.38 bits per heavy atom. The van der Waals surface area contributed by atoms with E-state index in [1.165, 1.54) is 25.1 Å². The van der Waals surface area contributed by atoms with E-state index in [1.54, 1.807) is 0 Å².